The van der Waals surface area contributed by atoms with Crippen LogP contribution in [0.3, 0.4) is 0 Å². The molecule has 5 nitrogen and oxygen atoms in total. The Labute approximate surface area is 154 Å². The molecule has 0 spiro atoms. The van der Waals surface area contributed by atoms with E-state index in [1.807, 2.05) is 0 Å². The van der Waals surface area contributed by atoms with Crippen molar-refractivity contribution in [3.8, 4) is 5.75 Å². The van der Waals surface area contributed by atoms with Gasteiger partial charge < -0.3 is 10.1 Å². The molecule has 0 unspecified atom stereocenters. The summed E-state index contributed by atoms with van der Waals surface area (Å²) < 4.78 is 42.2. The molecular formula is C16H14Cl2FNO4S. The summed E-state index contributed by atoms with van der Waals surface area (Å²) in [7, 11) is -3.61. The Morgan fingerprint density at radius 2 is 1.80 bits per heavy atom. The fourth-order valence-corrected chi connectivity index (χ4v) is 3.49. The summed E-state index contributed by atoms with van der Waals surface area (Å²) in [6.45, 7) is -0.422. The van der Waals surface area contributed by atoms with E-state index in [-0.39, 0.29) is 28.8 Å². The van der Waals surface area contributed by atoms with Crippen LogP contribution in [0.15, 0.2) is 47.4 Å². The topological polar surface area (TPSA) is 72.5 Å². The zero-order valence-electron chi connectivity index (χ0n) is 12.8. The van der Waals surface area contributed by atoms with Gasteiger partial charge in [0.05, 0.1) is 15.7 Å². The van der Waals surface area contributed by atoms with Crippen LogP contribution < -0.4 is 10.1 Å². The molecule has 1 N–H and O–H groups in total. The van der Waals surface area contributed by atoms with Crippen LogP contribution in [0.25, 0.3) is 0 Å². The summed E-state index contributed by atoms with van der Waals surface area (Å²) in [4.78, 5) is 11.7. The predicted molar refractivity (Wildman–Crippen MR) is 93.4 cm³/mol. The van der Waals surface area contributed by atoms with E-state index in [1.165, 1.54) is 24.3 Å². The van der Waals surface area contributed by atoms with Crippen molar-refractivity contribution >= 4 is 38.9 Å². The lowest BCUT2D eigenvalue weighted by Crippen LogP contribution is -2.33. The van der Waals surface area contributed by atoms with Gasteiger partial charge >= 0.3 is 0 Å². The molecule has 25 heavy (non-hydrogen) atoms. The zero-order chi connectivity index (χ0) is 18.4. The Morgan fingerprint density at radius 3 is 2.44 bits per heavy atom. The molecule has 0 aliphatic rings. The van der Waals surface area contributed by atoms with Crippen LogP contribution >= 0.6 is 23.2 Å². The highest BCUT2D eigenvalue weighted by molar-refractivity contribution is 7.91. The lowest BCUT2D eigenvalue weighted by Gasteiger charge is -2.09. The fourth-order valence-electron chi connectivity index (χ4n) is 1.87. The molecule has 0 atom stereocenters. The average Bonchev–Trinajstić information content (AvgIpc) is 2.54. The number of ether oxygens (including phenoxy) is 1. The second kappa shape index (κ2) is 8.51. The van der Waals surface area contributed by atoms with E-state index < -0.39 is 21.6 Å². The normalized spacial score (nSPS) is 11.2. The number of hydrogen-bond acceptors (Lipinski definition) is 4. The first kappa shape index (κ1) is 19.5. The third kappa shape index (κ3) is 5.88. The summed E-state index contributed by atoms with van der Waals surface area (Å²) >= 11 is 11.7. The van der Waals surface area contributed by atoms with Gasteiger partial charge in [0.15, 0.2) is 16.4 Å². The van der Waals surface area contributed by atoms with E-state index in [1.54, 1.807) is 6.07 Å². The summed E-state index contributed by atoms with van der Waals surface area (Å²) in [6, 6.07) is 9.05. The van der Waals surface area contributed by atoms with Crippen LogP contribution in [0.1, 0.15) is 0 Å². The van der Waals surface area contributed by atoms with Crippen molar-refractivity contribution in [2.75, 3.05) is 18.9 Å². The monoisotopic (exact) mass is 405 g/mol. The van der Waals surface area contributed by atoms with Gasteiger partial charge in [-0.3, -0.25) is 4.79 Å². The largest absolute Gasteiger partial charge is 0.482 e. The number of sulfone groups is 1. The SMILES string of the molecule is O=C(COc1ccc(Cl)cc1Cl)NCCS(=O)(=O)c1ccc(F)cc1. The standard InChI is InChI=1S/C16H14Cl2FNO4S/c17-11-1-6-15(14(18)9-11)24-10-16(21)20-7-8-25(22,23)13-4-2-12(19)3-5-13/h1-6,9H,7-8,10H2,(H,20,21). The van der Waals surface area contributed by atoms with Gasteiger partial charge in [0.1, 0.15) is 11.6 Å². The molecule has 9 heteroatoms. The van der Waals surface area contributed by atoms with Gasteiger partial charge in [0.25, 0.3) is 5.91 Å². The predicted octanol–water partition coefficient (Wildman–Crippen LogP) is 3.10. The third-order valence-electron chi connectivity index (χ3n) is 3.12. The van der Waals surface area contributed by atoms with E-state index in [0.29, 0.717) is 10.8 Å². The number of carbonyl (C=O) groups is 1. The lowest BCUT2D eigenvalue weighted by atomic mass is 10.3. The van der Waals surface area contributed by atoms with Gasteiger partial charge in [0.2, 0.25) is 0 Å². The molecule has 0 aliphatic heterocycles. The van der Waals surface area contributed by atoms with E-state index in [9.17, 15) is 17.6 Å². The maximum Gasteiger partial charge on any atom is 0.257 e. The Kier molecular flexibility index (Phi) is 6.64. The van der Waals surface area contributed by atoms with Crippen LogP contribution in [0.2, 0.25) is 10.0 Å². The van der Waals surface area contributed by atoms with E-state index in [0.717, 1.165) is 12.1 Å². The molecule has 0 fully saturated rings. The zero-order valence-corrected chi connectivity index (χ0v) is 15.2. The molecule has 2 rings (SSSR count). The molecule has 0 bridgehead atoms. The summed E-state index contributed by atoms with van der Waals surface area (Å²) in [6.07, 6.45) is 0. The molecule has 0 heterocycles. The first-order valence-electron chi connectivity index (χ1n) is 7.11. The molecule has 134 valence electrons. The van der Waals surface area contributed by atoms with Gasteiger partial charge in [-0.15, -0.1) is 0 Å². The number of rotatable bonds is 7. The van der Waals surface area contributed by atoms with E-state index in [2.05, 4.69) is 5.32 Å². The number of amides is 1. The van der Waals surface area contributed by atoms with E-state index in [4.69, 9.17) is 27.9 Å². The number of benzene rings is 2. The first-order chi connectivity index (χ1) is 11.8. The van der Waals surface area contributed by atoms with Gasteiger partial charge in [-0.25, -0.2) is 12.8 Å². The van der Waals surface area contributed by atoms with Crippen molar-refractivity contribution in [3.05, 3.63) is 58.3 Å². The molecule has 2 aromatic carbocycles. The van der Waals surface area contributed by atoms with Gasteiger partial charge in [-0.1, -0.05) is 23.2 Å². The molecule has 1 amide bonds. The van der Waals surface area contributed by atoms with Crippen molar-refractivity contribution in [1.82, 2.24) is 5.32 Å². The van der Waals surface area contributed by atoms with Crippen LogP contribution in [0, 0.1) is 5.82 Å². The molecule has 0 aliphatic carbocycles. The van der Waals surface area contributed by atoms with Gasteiger partial charge in [-0.05, 0) is 42.5 Å². The Bertz CT molecular complexity index is 857. The maximum absolute atomic E-state index is 12.8. The molecule has 0 saturated carbocycles. The van der Waals surface area contributed by atoms with Crippen molar-refractivity contribution in [2.45, 2.75) is 4.90 Å². The Balaban J connectivity index is 1.81. The van der Waals surface area contributed by atoms with Crippen molar-refractivity contribution in [3.63, 3.8) is 0 Å². The van der Waals surface area contributed by atoms with Crippen molar-refractivity contribution in [1.29, 1.82) is 0 Å². The number of hydrogen-bond donors (Lipinski definition) is 1. The smallest absolute Gasteiger partial charge is 0.257 e. The second-order valence-corrected chi connectivity index (χ2v) is 7.94. The molecular weight excluding hydrogens is 392 g/mol. The van der Waals surface area contributed by atoms with Crippen LogP contribution in [-0.2, 0) is 14.6 Å². The minimum atomic E-state index is -3.61. The third-order valence-corrected chi connectivity index (χ3v) is 5.38. The lowest BCUT2D eigenvalue weighted by molar-refractivity contribution is -0.122. The van der Waals surface area contributed by atoms with E-state index >= 15 is 0 Å². The highest BCUT2D eigenvalue weighted by Gasteiger charge is 2.15. The van der Waals surface area contributed by atoms with Gasteiger partial charge in [-0.2, -0.15) is 0 Å². The maximum atomic E-state index is 12.8. The highest BCUT2D eigenvalue weighted by atomic mass is 35.5. The molecule has 0 radical (unpaired) electrons. The van der Waals surface area contributed by atoms with Gasteiger partial charge in [0, 0.05) is 11.6 Å². The minimum Gasteiger partial charge on any atom is -0.482 e. The number of halogens is 3. The van der Waals surface area contributed by atoms with Crippen LogP contribution in [0.5, 0.6) is 5.75 Å². The summed E-state index contributed by atoms with van der Waals surface area (Å²) in [5.41, 5.74) is 0. The minimum absolute atomic E-state index is 0.00709. The second-order valence-electron chi connectivity index (χ2n) is 4.99. The summed E-state index contributed by atoms with van der Waals surface area (Å²) in [5.74, 6) is -1.04. The Hall–Kier alpha value is -1.83. The fraction of sp³-hybridized carbons (Fsp3) is 0.188. The average molecular weight is 406 g/mol. The number of nitrogens with one attached hydrogen (secondary N) is 1. The Morgan fingerprint density at radius 1 is 1.12 bits per heavy atom. The number of carbonyl (C=O) groups excluding carboxylic acids is 1. The van der Waals surface area contributed by atoms with Crippen molar-refractivity contribution < 1.29 is 22.3 Å². The van der Waals surface area contributed by atoms with Crippen LogP contribution in [-0.4, -0.2) is 33.2 Å². The molecule has 0 saturated heterocycles. The first-order valence-corrected chi connectivity index (χ1v) is 9.51. The summed E-state index contributed by atoms with van der Waals surface area (Å²) in [5, 5.41) is 3.14. The molecule has 0 aromatic heterocycles. The quantitative estimate of drug-likeness (QED) is 0.718. The highest BCUT2D eigenvalue weighted by Crippen LogP contribution is 2.27. The molecule has 2 aromatic rings. The van der Waals surface area contributed by atoms with Crippen molar-refractivity contribution in [2.24, 2.45) is 0 Å². The van der Waals surface area contributed by atoms with Crippen LogP contribution in [0.4, 0.5) is 4.39 Å².